The molecule has 2 aromatic carbocycles. The van der Waals surface area contributed by atoms with Crippen molar-refractivity contribution in [3.63, 3.8) is 0 Å². The van der Waals surface area contributed by atoms with Crippen LogP contribution in [0.5, 0.6) is 11.5 Å². The third kappa shape index (κ3) is 5.47. The fourth-order valence-corrected chi connectivity index (χ4v) is 4.42. The number of hydrogen-bond donors (Lipinski definition) is 4. The summed E-state index contributed by atoms with van der Waals surface area (Å²) >= 11 is 0. The predicted octanol–water partition coefficient (Wildman–Crippen LogP) is 5.45. The van der Waals surface area contributed by atoms with E-state index in [4.69, 9.17) is 0 Å². The summed E-state index contributed by atoms with van der Waals surface area (Å²) in [6.07, 6.45) is 0.188. The normalized spacial score (nSPS) is 14.0. The Balaban J connectivity index is 2.59. The van der Waals surface area contributed by atoms with Crippen LogP contribution in [0.4, 0.5) is 0 Å². The minimum Gasteiger partial charge on any atom is -0.508 e. The molecular formula is C28H42O4. The molecule has 178 valence electrons. The third-order valence-corrected chi connectivity index (χ3v) is 6.81. The number of aliphatic hydroxyl groups is 2. The summed E-state index contributed by atoms with van der Waals surface area (Å²) in [6.45, 7) is 17.8. The van der Waals surface area contributed by atoms with Crippen LogP contribution in [-0.4, -0.2) is 33.1 Å². The fourth-order valence-electron chi connectivity index (χ4n) is 4.42. The average molecular weight is 443 g/mol. The van der Waals surface area contributed by atoms with Crippen LogP contribution in [-0.2, 0) is 23.7 Å². The Bertz CT molecular complexity index is 887. The van der Waals surface area contributed by atoms with Crippen LogP contribution < -0.4 is 0 Å². The van der Waals surface area contributed by atoms with Crippen molar-refractivity contribution in [2.75, 3.05) is 6.61 Å². The minimum atomic E-state index is -0.798. The molecule has 32 heavy (non-hydrogen) atoms. The van der Waals surface area contributed by atoms with E-state index in [1.54, 1.807) is 19.1 Å². The number of aromatic hydroxyl groups is 2. The Morgan fingerprint density at radius 1 is 0.719 bits per heavy atom. The van der Waals surface area contributed by atoms with E-state index < -0.39 is 11.5 Å². The van der Waals surface area contributed by atoms with Crippen molar-refractivity contribution in [1.82, 2.24) is 0 Å². The van der Waals surface area contributed by atoms with Crippen molar-refractivity contribution in [3.05, 3.63) is 57.6 Å². The molecule has 4 heteroatoms. The molecule has 0 spiro atoms. The first-order valence-corrected chi connectivity index (χ1v) is 11.5. The van der Waals surface area contributed by atoms with Crippen molar-refractivity contribution in [1.29, 1.82) is 0 Å². The second-order valence-electron chi connectivity index (χ2n) is 11.6. The Morgan fingerprint density at radius 2 is 1.06 bits per heavy atom. The van der Waals surface area contributed by atoms with Gasteiger partial charge in [-0.1, -0.05) is 53.7 Å². The average Bonchev–Trinajstić information content (AvgIpc) is 2.62. The molecule has 2 rings (SSSR count). The molecular weight excluding hydrogens is 400 g/mol. The first-order chi connectivity index (χ1) is 14.5. The maximum absolute atomic E-state index is 10.9. The van der Waals surface area contributed by atoms with Crippen LogP contribution in [0.15, 0.2) is 24.3 Å². The summed E-state index contributed by atoms with van der Waals surface area (Å²) in [5, 5.41) is 42.4. The molecule has 4 N–H and O–H groups in total. The SMILES string of the molecule is Cc1cc(O)c(C(C)(C)C)cc1CC(CO)(Cc1cc(C(C)(C)C)c(O)cc1C)C(C)O. The monoisotopic (exact) mass is 442 g/mol. The number of aryl methyl sites for hydroxylation is 2. The quantitative estimate of drug-likeness (QED) is 0.479. The highest BCUT2D eigenvalue weighted by Gasteiger charge is 2.37. The molecule has 0 aromatic heterocycles. The highest BCUT2D eigenvalue weighted by Crippen LogP contribution is 2.40. The van der Waals surface area contributed by atoms with E-state index in [1.807, 2.05) is 26.0 Å². The van der Waals surface area contributed by atoms with Crippen molar-refractivity contribution in [2.45, 2.75) is 92.1 Å². The Labute approximate surface area is 194 Å². The molecule has 4 nitrogen and oxygen atoms in total. The van der Waals surface area contributed by atoms with Crippen molar-refractivity contribution in [2.24, 2.45) is 5.41 Å². The van der Waals surface area contributed by atoms with Crippen molar-refractivity contribution < 1.29 is 20.4 Å². The number of phenols is 2. The zero-order chi connectivity index (χ0) is 24.6. The third-order valence-electron chi connectivity index (χ3n) is 6.81. The molecule has 0 saturated heterocycles. The van der Waals surface area contributed by atoms with Gasteiger partial charge in [0.05, 0.1) is 12.7 Å². The number of hydrogen-bond acceptors (Lipinski definition) is 4. The second-order valence-corrected chi connectivity index (χ2v) is 11.6. The highest BCUT2D eigenvalue weighted by atomic mass is 16.3. The van der Waals surface area contributed by atoms with Gasteiger partial charge in [0.15, 0.2) is 0 Å². The van der Waals surface area contributed by atoms with Crippen molar-refractivity contribution >= 4 is 0 Å². The Hall–Kier alpha value is -2.04. The van der Waals surface area contributed by atoms with Crippen LogP contribution >= 0.6 is 0 Å². The summed E-state index contributed by atoms with van der Waals surface area (Å²) in [4.78, 5) is 0. The zero-order valence-corrected chi connectivity index (χ0v) is 21.3. The summed E-state index contributed by atoms with van der Waals surface area (Å²) in [6, 6.07) is 7.59. The van der Waals surface area contributed by atoms with Crippen LogP contribution in [0, 0.1) is 19.3 Å². The van der Waals surface area contributed by atoms with Gasteiger partial charge in [-0.2, -0.15) is 0 Å². The number of benzene rings is 2. The molecule has 0 fully saturated rings. The van der Waals surface area contributed by atoms with Crippen LogP contribution in [0.25, 0.3) is 0 Å². The lowest BCUT2D eigenvalue weighted by Crippen LogP contribution is -2.41. The number of rotatable bonds is 6. The molecule has 0 amide bonds. The second kappa shape index (κ2) is 9.07. The molecule has 1 unspecified atom stereocenters. The van der Waals surface area contributed by atoms with Gasteiger partial charge in [0.2, 0.25) is 0 Å². The number of aliphatic hydroxyl groups excluding tert-OH is 2. The summed E-state index contributed by atoms with van der Waals surface area (Å²) in [5.74, 6) is 0.546. The van der Waals surface area contributed by atoms with E-state index >= 15 is 0 Å². The molecule has 0 saturated carbocycles. The highest BCUT2D eigenvalue weighted by molar-refractivity contribution is 5.47. The molecule has 1 atom stereocenters. The Kier molecular flexibility index (Phi) is 7.43. The van der Waals surface area contributed by atoms with Crippen LogP contribution in [0.3, 0.4) is 0 Å². The largest absolute Gasteiger partial charge is 0.508 e. The predicted molar refractivity (Wildman–Crippen MR) is 132 cm³/mol. The van der Waals surface area contributed by atoms with Crippen LogP contribution in [0.2, 0.25) is 0 Å². The first kappa shape index (κ1) is 26.2. The topological polar surface area (TPSA) is 80.9 Å². The van der Waals surface area contributed by atoms with Gasteiger partial charge in [0.25, 0.3) is 0 Å². The lowest BCUT2D eigenvalue weighted by Gasteiger charge is -2.37. The summed E-state index contributed by atoms with van der Waals surface area (Å²) < 4.78 is 0. The molecule has 0 aliphatic heterocycles. The van der Waals surface area contributed by atoms with Gasteiger partial charge in [-0.15, -0.1) is 0 Å². The van der Waals surface area contributed by atoms with E-state index in [1.165, 1.54) is 0 Å². The van der Waals surface area contributed by atoms with Gasteiger partial charge >= 0.3 is 0 Å². The molecule has 0 aliphatic rings. The van der Waals surface area contributed by atoms with Gasteiger partial charge in [-0.25, -0.2) is 0 Å². The van der Waals surface area contributed by atoms with Crippen LogP contribution in [0.1, 0.15) is 81.8 Å². The molecule has 0 aliphatic carbocycles. The lowest BCUT2D eigenvalue weighted by molar-refractivity contribution is -0.00697. The summed E-state index contributed by atoms with van der Waals surface area (Å²) in [7, 11) is 0. The standard InChI is InChI=1S/C28H42O4/c1-17-10-24(31)22(26(4,5)6)12-20(17)14-28(16-29,19(3)30)15-21-13-23(27(7,8)9)25(32)11-18(21)2/h10-13,19,29-32H,14-16H2,1-9H3. The van der Waals surface area contributed by atoms with E-state index in [0.29, 0.717) is 12.8 Å². The summed E-state index contributed by atoms with van der Waals surface area (Å²) in [5.41, 5.74) is 4.35. The minimum absolute atomic E-state index is 0.180. The van der Waals surface area contributed by atoms with E-state index in [-0.39, 0.29) is 28.9 Å². The molecule has 2 aromatic rings. The van der Waals surface area contributed by atoms with Gasteiger partial charge in [-0.3, -0.25) is 0 Å². The van der Waals surface area contributed by atoms with Gasteiger partial charge in [0, 0.05) is 5.41 Å². The van der Waals surface area contributed by atoms with Gasteiger partial charge < -0.3 is 20.4 Å². The van der Waals surface area contributed by atoms with Gasteiger partial charge in [0.1, 0.15) is 11.5 Å². The van der Waals surface area contributed by atoms with Gasteiger partial charge in [-0.05, 0) is 90.0 Å². The molecule has 0 heterocycles. The zero-order valence-electron chi connectivity index (χ0n) is 21.3. The van der Waals surface area contributed by atoms with E-state index in [2.05, 4.69) is 41.5 Å². The number of phenolic OH excluding ortho intramolecular Hbond substituents is 2. The van der Waals surface area contributed by atoms with E-state index in [9.17, 15) is 20.4 Å². The molecule has 0 radical (unpaired) electrons. The first-order valence-electron chi connectivity index (χ1n) is 11.5. The maximum atomic E-state index is 10.9. The smallest absolute Gasteiger partial charge is 0.119 e. The van der Waals surface area contributed by atoms with E-state index in [0.717, 1.165) is 33.4 Å². The molecule has 0 bridgehead atoms. The fraction of sp³-hybridized carbons (Fsp3) is 0.571. The maximum Gasteiger partial charge on any atom is 0.119 e. The Morgan fingerprint density at radius 3 is 1.31 bits per heavy atom. The lowest BCUT2D eigenvalue weighted by atomic mass is 9.71. The van der Waals surface area contributed by atoms with Crippen molar-refractivity contribution in [3.8, 4) is 11.5 Å².